The minimum Gasteiger partial charge on any atom is -0.349 e. The van der Waals surface area contributed by atoms with Crippen LogP contribution in [0.5, 0.6) is 0 Å². The molecule has 4 nitrogen and oxygen atoms in total. The van der Waals surface area contributed by atoms with Gasteiger partial charge < -0.3 is 10.3 Å². The topological polar surface area (TPSA) is 57.8 Å². The third-order valence-electron chi connectivity index (χ3n) is 3.76. The number of carbonyl (C=O) groups excluding carboxylic acids is 1. The van der Waals surface area contributed by atoms with Crippen LogP contribution in [-0.2, 0) is 4.79 Å². The first-order valence-corrected chi connectivity index (χ1v) is 8.74. The van der Waals surface area contributed by atoms with Gasteiger partial charge in [-0.2, -0.15) is 0 Å². The number of aromatic nitrogens is 2. The third kappa shape index (κ3) is 4.17. The summed E-state index contributed by atoms with van der Waals surface area (Å²) in [6, 6.07) is 8.66. The minimum atomic E-state index is -0.673. The van der Waals surface area contributed by atoms with Crippen molar-refractivity contribution in [2.45, 2.75) is 25.0 Å². The highest BCUT2D eigenvalue weighted by Gasteiger charge is 2.15. The first kappa shape index (κ1) is 17.4. The molecule has 3 rings (SSSR count). The van der Waals surface area contributed by atoms with E-state index in [2.05, 4.69) is 15.3 Å². The highest BCUT2D eigenvalue weighted by atomic mass is 32.2. The van der Waals surface area contributed by atoms with Crippen LogP contribution in [0, 0.1) is 18.6 Å². The number of rotatable bonds is 5. The highest BCUT2D eigenvalue weighted by Crippen LogP contribution is 2.21. The summed E-state index contributed by atoms with van der Waals surface area (Å²) in [7, 11) is 0. The van der Waals surface area contributed by atoms with Gasteiger partial charge in [0.2, 0.25) is 5.91 Å². The van der Waals surface area contributed by atoms with Gasteiger partial charge in [-0.1, -0.05) is 23.9 Å². The van der Waals surface area contributed by atoms with Crippen molar-refractivity contribution in [3.63, 3.8) is 0 Å². The lowest BCUT2D eigenvalue weighted by Crippen LogP contribution is -2.28. The van der Waals surface area contributed by atoms with Gasteiger partial charge in [-0.3, -0.25) is 4.79 Å². The molecule has 1 aromatic heterocycles. The number of aryl methyl sites for hydroxylation is 1. The van der Waals surface area contributed by atoms with E-state index in [-0.39, 0.29) is 17.2 Å². The maximum Gasteiger partial charge on any atom is 0.230 e. The molecule has 3 aromatic rings. The molecule has 0 aliphatic heterocycles. The van der Waals surface area contributed by atoms with Crippen LogP contribution in [0.15, 0.2) is 41.6 Å². The fourth-order valence-corrected chi connectivity index (χ4v) is 3.21. The van der Waals surface area contributed by atoms with Crippen molar-refractivity contribution in [2.75, 3.05) is 5.75 Å². The molecule has 1 heterocycles. The van der Waals surface area contributed by atoms with E-state index in [0.29, 0.717) is 5.16 Å². The number of benzene rings is 2. The number of carbonyl (C=O) groups is 1. The van der Waals surface area contributed by atoms with Crippen molar-refractivity contribution in [2.24, 2.45) is 0 Å². The average Bonchev–Trinajstić information content (AvgIpc) is 2.94. The Hall–Kier alpha value is -2.41. The molecule has 0 bridgehead atoms. The van der Waals surface area contributed by atoms with E-state index in [4.69, 9.17) is 0 Å². The molecule has 0 aliphatic carbocycles. The Morgan fingerprint density at radius 1 is 1.28 bits per heavy atom. The molecule has 25 heavy (non-hydrogen) atoms. The summed E-state index contributed by atoms with van der Waals surface area (Å²) in [6.07, 6.45) is 0. The Kier molecular flexibility index (Phi) is 5.03. The molecular weight excluding hydrogens is 344 g/mol. The van der Waals surface area contributed by atoms with E-state index < -0.39 is 17.7 Å². The predicted octanol–water partition coefficient (Wildman–Crippen LogP) is 4.12. The normalized spacial score (nSPS) is 12.3. The number of fused-ring (bicyclic) bond motifs is 1. The van der Waals surface area contributed by atoms with Gasteiger partial charge in [-0.15, -0.1) is 0 Å². The summed E-state index contributed by atoms with van der Waals surface area (Å²) in [4.78, 5) is 19.7. The quantitative estimate of drug-likeness (QED) is 0.672. The zero-order chi connectivity index (χ0) is 18.0. The monoisotopic (exact) mass is 361 g/mol. The predicted molar refractivity (Wildman–Crippen MR) is 94.5 cm³/mol. The van der Waals surface area contributed by atoms with Gasteiger partial charge in [0.1, 0.15) is 11.6 Å². The molecule has 0 fully saturated rings. The SMILES string of the molecule is Cc1ccc2nc(SCC(=O)N[C@@H](C)c3ccc(F)cc3F)[nH]c2c1. The number of aromatic amines is 1. The summed E-state index contributed by atoms with van der Waals surface area (Å²) in [5, 5.41) is 3.36. The van der Waals surface area contributed by atoms with Crippen LogP contribution in [0.2, 0.25) is 0 Å². The van der Waals surface area contributed by atoms with Crippen LogP contribution in [0.1, 0.15) is 24.1 Å². The molecular formula is C18H17F2N3OS. The number of hydrogen-bond donors (Lipinski definition) is 2. The van der Waals surface area contributed by atoms with E-state index in [1.807, 2.05) is 25.1 Å². The molecule has 1 amide bonds. The van der Waals surface area contributed by atoms with Gasteiger partial charge in [0.25, 0.3) is 0 Å². The largest absolute Gasteiger partial charge is 0.349 e. The van der Waals surface area contributed by atoms with Gasteiger partial charge in [-0.25, -0.2) is 13.8 Å². The van der Waals surface area contributed by atoms with Crippen molar-refractivity contribution in [3.8, 4) is 0 Å². The number of hydrogen-bond acceptors (Lipinski definition) is 3. The van der Waals surface area contributed by atoms with E-state index >= 15 is 0 Å². The second-order valence-electron chi connectivity index (χ2n) is 5.81. The summed E-state index contributed by atoms with van der Waals surface area (Å²) >= 11 is 1.27. The lowest BCUT2D eigenvalue weighted by atomic mass is 10.1. The van der Waals surface area contributed by atoms with Crippen LogP contribution in [-0.4, -0.2) is 21.6 Å². The van der Waals surface area contributed by atoms with E-state index in [9.17, 15) is 13.6 Å². The van der Waals surface area contributed by atoms with Gasteiger partial charge >= 0.3 is 0 Å². The smallest absolute Gasteiger partial charge is 0.230 e. The van der Waals surface area contributed by atoms with Crippen LogP contribution in [0.25, 0.3) is 11.0 Å². The first-order valence-electron chi connectivity index (χ1n) is 7.76. The molecule has 0 saturated heterocycles. The van der Waals surface area contributed by atoms with E-state index in [1.165, 1.54) is 23.9 Å². The summed E-state index contributed by atoms with van der Waals surface area (Å²) in [5.41, 5.74) is 3.14. The number of amides is 1. The number of imidazole rings is 1. The lowest BCUT2D eigenvalue weighted by molar-refractivity contribution is -0.119. The second kappa shape index (κ2) is 7.23. The van der Waals surface area contributed by atoms with Crippen LogP contribution < -0.4 is 5.32 Å². The molecule has 2 aromatic carbocycles. The van der Waals surface area contributed by atoms with Gasteiger partial charge in [0.05, 0.1) is 22.8 Å². The summed E-state index contributed by atoms with van der Waals surface area (Å²) < 4.78 is 26.7. The fourth-order valence-electron chi connectivity index (χ4n) is 2.52. The van der Waals surface area contributed by atoms with Crippen molar-refractivity contribution in [1.82, 2.24) is 15.3 Å². The highest BCUT2D eigenvalue weighted by molar-refractivity contribution is 7.99. The Morgan fingerprint density at radius 3 is 2.84 bits per heavy atom. The maximum atomic E-state index is 13.7. The van der Waals surface area contributed by atoms with E-state index in [0.717, 1.165) is 22.7 Å². The van der Waals surface area contributed by atoms with Crippen molar-refractivity contribution < 1.29 is 13.6 Å². The van der Waals surface area contributed by atoms with Gasteiger partial charge in [-0.05, 0) is 37.6 Å². The van der Waals surface area contributed by atoms with Crippen molar-refractivity contribution in [3.05, 3.63) is 59.2 Å². The third-order valence-corrected chi connectivity index (χ3v) is 4.64. The molecule has 0 radical (unpaired) electrons. The van der Waals surface area contributed by atoms with Gasteiger partial charge in [0, 0.05) is 11.6 Å². The van der Waals surface area contributed by atoms with Crippen molar-refractivity contribution in [1.29, 1.82) is 0 Å². The number of thioether (sulfide) groups is 1. The Labute approximate surface area is 148 Å². The van der Waals surface area contributed by atoms with Gasteiger partial charge in [0.15, 0.2) is 5.16 Å². The Bertz CT molecular complexity index is 926. The molecule has 0 saturated carbocycles. The number of nitrogens with zero attached hydrogens (tertiary/aromatic N) is 1. The molecule has 0 aliphatic rings. The number of H-pyrrole nitrogens is 1. The van der Waals surface area contributed by atoms with Crippen LogP contribution in [0.3, 0.4) is 0 Å². The maximum absolute atomic E-state index is 13.7. The zero-order valence-electron chi connectivity index (χ0n) is 13.8. The van der Waals surface area contributed by atoms with Crippen LogP contribution in [0.4, 0.5) is 8.78 Å². The second-order valence-corrected chi connectivity index (χ2v) is 6.77. The zero-order valence-corrected chi connectivity index (χ0v) is 14.6. The van der Waals surface area contributed by atoms with E-state index in [1.54, 1.807) is 6.92 Å². The first-order chi connectivity index (χ1) is 11.9. The molecule has 0 spiro atoms. The number of nitrogens with one attached hydrogen (secondary N) is 2. The average molecular weight is 361 g/mol. The fraction of sp³-hybridized carbons (Fsp3) is 0.222. The molecule has 2 N–H and O–H groups in total. The lowest BCUT2D eigenvalue weighted by Gasteiger charge is -2.14. The Balaban J connectivity index is 1.60. The minimum absolute atomic E-state index is 0.145. The molecule has 130 valence electrons. The summed E-state index contributed by atoms with van der Waals surface area (Å²) in [5.74, 6) is -1.42. The standard InChI is InChI=1S/C18H17F2N3OS/c1-10-3-6-15-16(7-10)23-18(22-15)25-9-17(24)21-11(2)13-5-4-12(19)8-14(13)20/h3-8,11H,9H2,1-2H3,(H,21,24)(H,22,23)/t11-/m0/s1. The van der Waals surface area contributed by atoms with Crippen molar-refractivity contribution >= 4 is 28.7 Å². The van der Waals surface area contributed by atoms with Crippen LogP contribution >= 0.6 is 11.8 Å². The summed E-state index contributed by atoms with van der Waals surface area (Å²) in [6.45, 7) is 3.65. The number of halogens is 2. The molecule has 7 heteroatoms. The molecule has 1 atom stereocenters. The Morgan fingerprint density at radius 2 is 2.08 bits per heavy atom. The molecule has 0 unspecified atom stereocenters.